The molecule has 0 saturated carbocycles. The van der Waals surface area contributed by atoms with E-state index in [0.717, 1.165) is 24.4 Å². The van der Waals surface area contributed by atoms with Gasteiger partial charge in [-0.15, -0.1) is 0 Å². The van der Waals surface area contributed by atoms with Crippen LogP contribution in [-0.2, 0) is 15.2 Å². The fourth-order valence-corrected chi connectivity index (χ4v) is 2.75. The summed E-state index contributed by atoms with van der Waals surface area (Å²) in [5.74, 6) is -0.167. The van der Waals surface area contributed by atoms with E-state index >= 15 is 0 Å². The van der Waals surface area contributed by atoms with Crippen molar-refractivity contribution in [2.75, 3.05) is 7.11 Å². The topological polar surface area (TPSA) is 56.3 Å². The number of halogens is 4. The first-order valence-electron chi connectivity index (χ1n) is 5.13. The molecular formula is C11H7ClF3NO3S. The number of hydrogen-bond donors (Lipinski definition) is 0. The van der Waals surface area contributed by atoms with E-state index in [0.29, 0.717) is 0 Å². The van der Waals surface area contributed by atoms with Gasteiger partial charge >= 0.3 is 6.18 Å². The highest BCUT2D eigenvalue weighted by Crippen LogP contribution is 2.38. The lowest BCUT2D eigenvalue weighted by atomic mass is 10.1. The minimum Gasteiger partial charge on any atom is -0.495 e. The molecule has 1 aromatic heterocycles. The molecule has 0 saturated heterocycles. The zero-order valence-electron chi connectivity index (χ0n) is 9.90. The van der Waals surface area contributed by atoms with Crippen molar-refractivity contribution >= 4 is 30.6 Å². The maximum atomic E-state index is 12.9. The molecule has 0 aliphatic heterocycles. The Labute approximate surface area is 116 Å². The van der Waals surface area contributed by atoms with E-state index < -0.39 is 25.7 Å². The Kier molecular flexibility index (Phi) is 3.55. The molecule has 0 radical (unpaired) electrons. The summed E-state index contributed by atoms with van der Waals surface area (Å²) in [7, 11) is 2.13. The first kappa shape index (κ1) is 14.9. The van der Waals surface area contributed by atoms with Gasteiger partial charge in [0.2, 0.25) is 0 Å². The maximum absolute atomic E-state index is 12.9. The molecule has 108 valence electrons. The van der Waals surface area contributed by atoms with E-state index in [9.17, 15) is 21.6 Å². The molecular weight excluding hydrogens is 319 g/mol. The van der Waals surface area contributed by atoms with Crippen LogP contribution in [0.1, 0.15) is 5.56 Å². The number of aromatic nitrogens is 1. The lowest BCUT2D eigenvalue weighted by Crippen LogP contribution is -2.07. The summed E-state index contributed by atoms with van der Waals surface area (Å²) in [5, 5.41) is -0.361. The van der Waals surface area contributed by atoms with Gasteiger partial charge < -0.3 is 4.74 Å². The monoisotopic (exact) mass is 325 g/mol. The second-order valence-electron chi connectivity index (χ2n) is 3.81. The number of pyridine rings is 1. The zero-order chi connectivity index (χ0) is 15.1. The summed E-state index contributed by atoms with van der Waals surface area (Å²) in [6.07, 6.45) is -3.65. The third kappa shape index (κ3) is 2.66. The molecule has 0 aliphatic rings. The summed E-state index contributed by atoms with van der Waals surface area (Å²) >= 11 is 0. The highest BCUT2D eigenvalue weighted by molar-refractivity contribution is 8.13. The van der Waals surface area contributed by atoms with Gasteiger partial charge in [-0.25, -0.2) is 8.42 Å². The molecule has 0 N–H and O–H groups in total. The van der Waals surface area contributed by atoms with Gasteiger partial charge in [-0.2, -0.15) is 13.2 Å². The number of rotatable bonds is 2. The van der Waals surface area contributed by atoms with Crippen molar-refractivity contribution in [3.05, 3.63) is 30.0 Å². The SMILES string of the molecule is COc1cc2nccc(C(F)(F)F)c2cc1S(=O)(=O)Cl. The predicted molar refractivity (Wildman–Crippen MR) is 66.3 cm³/mol. The Bertz CT molecular complexity index is 774. The average Bonchev–Trinajstić information content (AvgIpc) is 2.34. The third-order valence-corrected chi connectivity index (χ3v) is 3.94. The number of nitrogens with zero attached hydrogens (tertiary/aromatic N) is 1. The number of ether oxygens (including phenoxy) is 1. The van der Waals surface area contributed by atoms with E-state index in [1.54, 1.807) is 0 Å². The van der Waals surface area contributed by atoms with Crippen molar-refractivity contribution in [1.82, 2.24) is 4.98 Å². The van der Waals surface area contributed by atoms with Crippen LogP contribution < -0.4 is 4.74 Å². The van der Waals surface area contributed by atoms with Gasteiger partial charge in [0.05, 0.1) is 18.2 Å². The first-order chi connectivity index (χ1) is 9.14. The van der Waals surface area contributed by atoms with Crippen LogP contribution in [-0.4, -0.2) is 20.5 Å². The largest absolute Gasteiger partial charge is 0.495 e. The van der Waals surface area contributed by atoms with Gasteiger partial charge in [0.1, 0.15) is 10.6 Å². The van der Waals surface area contributed by atoms with Crippen LogP contribution in [0, 0.1) is 0 Å². The van der Waals surface area contributed by atoms with Crippen molar-refractivity contribution in [2.45, 2.75) is 11.1 Å². The molecule has 0 atom stereocenters. The maximum Gasteiger partial charge on any atom is 0.417 e. The summed E-state index contributed by atoms with van der Waals surface area (Å²) in [6.45, 7) is 0. The molecule has 0 aliphatic carbocycles. The van der Waals surface area contributed by atoms with Gasteiger partial charge in [0.25, 0.3) is 9.05 Å². The molecule has 0 fully saturated rings. The molecule has 1 heterocycles. The normalized spacial score (nSPS) is 12.7. The first-order valence-corrected chi connectivity index (χ1v) is 7.44. The average molecular weight is 326 g/mol. The minimum atomic E-state index is -4.64. The molecule has 20 heavy (non-hydrogen) atoms. The van der Waals surface area contributed by atoms with E-state index in [-0.39, 0.29) is 16.7 Å². The Morgan fingerprint density at radius 2 is 1.95 bits per heavy atom. The second kappa shape index (κ2) is 4.78. The molecule has 0 spiro atoms. The molecule has 0 unspecified atom stereocenters. The zero-order valence-corrected chi connectivity index (χ0v) is 11.5. The highest BCUT2D eigenvalue weighted by atomic mass is 35.7. The van der Waals surface area contributed by atoms with E-state index in [2.05, 4.69) is 4.98 Å². The number of alkyl halides is 3. The molecule has 0 amide bonds. The van der Waals surface area contributed by atoms with Crippen molar-refractivity contribution < 1.29 is 26.3 Å². The van der Waals surface area contributed by atoms with Crippen LogP contribution in [0.15, 0.2) is 29.3 Å². The summed E-state index contributed by atoms with van der Waals surface area (Å²) < 4.78 is 66.3. The van der Waals surface area contributed by atoms with Crippen molar-refractivity contribution in [1.29, 1.82) is 0 Å². The molecule has 2 aromatic rings. The predicted octanol–water partition coefficient (Wildman–Crippen LogP) is 3.19. The number of benzene rings is 1. The summed E-state index contributed by atoms with van der Waals surface area (Å²) in [6, 6.07) is 2.67. The fraction of sp³-hybridized carbons (Fsp3) is 0.182. The summed E-state index contributed by atoms with van der Waals surface area (Å²) in [5.41, 5.74) is -1.03. The van der Waals surface area contributed by atoms with E-state index in [1.165, 1.54) is 7.11 Å². The Balaban J connectivity index is 2.91. The van der Waals surface area contributed by atoms with Crippen LogP contribution in [0.4, 0.5) is 13.2 Å². The van der Waals surface area contributed by atoms with Gasteiger partial charge in [0.15, 0.2) is 0 Å². The van der Waals surface area contributed by atoms with Crippen LogP contribution in [0.5, 0.6) is 5.75 Å². The molecule has 0 bridgehead atoms. The van der Waals surface area contributed by atoms with Crippen LogP contribution >= 0.6 is 10.7 Å². The van der Waals surface area contributed by atoms with Gasteiger partial charge in [-0.05, 0) is 12.1 Å². The third-order valence-electron chi connectivity index (χ3n) is 2.60. The lowest BCUT2D eigenvalue weighted by molar-refractivity contribution is -0.136. The fourth-order valence-electron chi connectivity index (χ4n) is 1.75. The molecule has 1 aromatic carbocycles. The Hall–Kier alpha value is -1.54. The van der Waals surface area contributed by atoms with Crippen molar-refractivity contribution in [2.24, 2.45) is 0 Å². The molecule has 9 heteroatoms. The molecule has 2 rings (SSSR count). The quantitative estimate of drug-likeness (QED) is 0.796. The summed E-state index contributed by atoms with van der Waals surface area (Å²) in [4.78, 5) is 3.23. The van der Waals surface area contributed by atoms with E-state index in [1.807, 2.05) is 0 Å². The van der Waals surface area contributed by atoms with Gasteiger partial charge in [-0.3, -0.25) is 4.98 Å². The Morgan fingerprint density at radius 1 is 1.30 bits per heavy atom. The van der Waals surface area contributed by atoms with Crippen LogP contribution in [0.25, 0.3) is 10.9 Å². The van der Waals surface area contributed by atoms with Gasteiger partial charge in [-0.1, -0.05) is 0 Å². The molecule has 4 nitrogen and oxygen atoms in total. The van der Waals surface area contributed by atoms with Crippen LogP contribution in [0.2, 0.25) is 0 Å². The van der Waals surface area contributed by atoms with Crippen LogP contribution in [0.3, 0.4) is 0 Å². The van der Waals surface area contributed by atoms with E-state index in [4.69, 9.17) is 15.4 Å². The number of fused-ring (bicyclic) bond motifs is 1. The van der Waals surface area contributed by atoms with Crippen molar-refractivity contribution in [3.8, 4) is 5.75 Å². The van der Waals surface area contributed by atoms with Gasteiger partial charge in [0, 0.05) is 28.3 Å². The number of hydrogen-bond acceptors (Lipinski definition) is 4. The van der Waals surface area contributed by atoms with Crippen molar-refractivity contribution in [3.63, 3.8) is 0 Å². The standard InChI is InChI=1S/C11H7ClF3NO3S/c1-19-9-5-8-6(4-10(9)20(12,17)18)7(2-3-16-8)11(13,14)15/h2-5H,1H3. The lowest BCUT2D eigenvalue weighted by Gasteiger charge is -2.12. The Morgan fingerprint density at radius 3 is 2.45 bits per heavy atom. The second-order valence-corrected chi connectivity index (χ2v) is 6.35. The smallest absolute Gasteiger partial charge is 0.417 e. The highest BCUT2D eigenvalue weighted by Gasteiger charge is 2.33. The number of methoxy groups -OCH3 is 1. The minimum absolute atomic E-state index is 0.0410.